The lowest BCUT2D eigenvalue weighted by atomic mass is 10.2. The summed E-state index contributed by atoms with van der Waals surface area (Å²) < 4.78 is 6.80. The Morgan fingerprint density at radius 1 is 1.09 bits per heavy atom. The van der Waals surface area contributed by atoms with Crippen LogP contribution >= 0.6 is 23.4 Å². The normalized spacial score (nSPS) is 11.5. The number of carbonyl (C=O) groups is 3. The van der Waals surface area contributed by atoms with E-state index in [4.69, 9.17) is 16.3 Å². The van der Waals surface area contributed by atoms with Gasteiger partial charge < -0.3 is 19.9 Å². The van der Waals surface area contributed by atoms with Gasteiger partial charge >= 0.3 is 5.97 Å². The molecule has 0 aliphatic carbocycles. The number of esters is 1. The van der Waals surface area contributed by atoms with Crippen molar-refractivity contribution in [2.45, 2.75) is 38.5 Å². The van der Waals surface area contributed by atoms with Gasteiger partial charge in [-0.25, -0.2) is 4.79 Å². The van der Waals surface area contributed by atoms with Crippen molar-refractivity contribution < 1.29 is 19.1 Å². The fourth-order valence-corrected chi connectivity index (χ4v) is 4.27. The van der Waals surface area contributed by atoms with Gasteiger partial charge in [0.2, 0.25) is 5.91 Å². The van der Waals surface area contributed by atoms with Crippen molar-refractivity contribution >= 4 is 46.8 Å². The van der Waals surface area contributed by atoms with E-state index in [0.29, 0.717) is 46.0 Å². The van der Waals surface area contributed by atoms with Gasteiger partial charge in [-0.05, 0) is 57.2 Å². The highest BCUT2D eigenvalue weighted by Gasteiger charge is 2.21. The van der Waals surface area contributed by atoms with E-state index in [2.05, 4.69) is 20.8 Å². The molecule has 1 heterocycles. The average Bonchev–Trinajstić information content (AvgIpc) is 3.26. The van der Waals surface area contributed by atoms with Crippen molar-refractivity contribution in [1.82, 2.24) is 20.1 Å². The topological polar surface area (TPSA) is 115 Å². The van der Waals surface area contributed by atoms with Crippen LogP contribution in [-0.4, -0.2) is 44.9 Å². The van der Waals surface area contributed by atoms with Gasteiger partial charge in [-0.1, -0.05) is 35.5 Å². The molecule has 0 saturated heterocycles. The molecule has 35 heavy (non-hydrogen) atoms. The van der Waals surface area contributed by atoms with Crippen LogP contribution in [-0.2, 0) is 16.1 Å². The lowest BCUT2D eigenvalue weighted by Gasteiger charge is -2.15. The molecule has 0 radical (unpaired) electrons. The van der Waals surface area contributed by atoms with Gasteiger partial charge in [-0.15, -0.1) is 10.2 Å². The fourth-order valence-electron chi connectivity index (χ4n) is 3.24. The number of hydrogen-bond donors (Lipinski definition) is 2. The molecule has 2 aromatic carbocycles. The summed E-state index contributed by atoms with van der Waals surface area (Å²) >= 11 is 7.36. The van der Waals surface area contributed by atoms with E-state index in [9.17, 15) is 14.4 Å². The second-order valence-corrected chi connectivity index (χ2v) is 8.74. The van der Waals surface area contributed by atoms with Crippen LogP contribution in [0.15, 0.2) is 53.7 Å². The Morgan fingerprint density at radius 3 is 2.46 bits per heavy atom. The molecule has 9 nitrogen and oxygen atoms in total. The summed E-state index contributed by atoms with van der Waals surface area (Å²) in [7, 11) is 0. The number of aromatic nitrogens is 3. The highest BCUT2D eigenvalue weighted by Crippen LogP contribution is 2.22. The van der Waals surface area contributed by atoms with Gasteiger partial charge in [-0.2, -0.15) is 0 Å². The van der Waals surface area contributed by atoms with E-state index in [1.165, 1.54) is 11.8 Å². The number of halogens is 1. The molecule has 2 amide bonds. The molecule has 0 spiro atoms. The predicted octanol–water partition coefficient (Wildman–Crippen LogP) is 4.35. The molecule has 1 aromatic heterocycles. The fraction of sp³-hybridized carbons (Fsp3) is 0.292. The minimum atomic E-state index is -0.424. The molecule has 0 aliphatic heterocycles. The Kier molecular flexibility index (Phi) is 9.27. The Hall–Kier alpha value is -3.37. The molecule has 3 rings (SSSR count). The lowest BCUT2D eigenvalue weighted by molar-refractivity contribution is -0.113. The summed E-state index contributed by atoms with van der Waals surface area (Å²) in [6.07, 6.45) is 0. The standard InChI is InChI=1S/C24H26ClN5O4S/c1-4-30-21(15(3)26-22(32)18-8-6-7-9-19(18)25)28-29-24(30)35-14-20(31)27-17-12-10-16(11-13-17)23(33)34-5-2/h6-13,15H,4-5,14H2,1-3H3,(H,26,32)(H,27,31)/t15-/m1/s1. The second-order valence-electron chi connectivity index (χ2n) is 7.39. The van der Waals surface area contributed by atoms with Crippen molar-refractivity contribution in [3.05, 3.63) is 70.5 Å². The van der Waals surface area contributed by atoms with E-state index in [1.807, 2.05) is 18.4 Å². The lowest BCUT2D eigenvalue weighted by Crippen LogP contribution is -2.29. The summed E-state index contributed by atoms with van der Waals surface area (Å²) in [6, 6.07) is 12.9. The maximum absolute atomic E-state index is 12.6. The van der Waals surface area contributed by atoms with Gasteiger partial charge in [0.25, 0.3) is 5.91 Å². The number of rotatable bonds is 10. The van der Waals surface area contributed by atoms with Gasteiger partial charge in [0, 0.05) is 12.2 Å². The molecule has 3 aromatic rings. The van der Waals surface area contributed by atoms with Gasteiger partial charge in [-0.3, -0.25) is 9.59 Å². The molecule has 0 fully saturated rings. The average molecular weight is 516 g/mol. The van der Waals surface area contributed by atoms with Crippen molar-refractivity contribution in [3.8, 4) is 0 Å². The Balaban J connectivity index is 1.59. The Labute approximate surface area is 212 Å². The molecule has 0 unspecified atom stereocenters. The molecule has 0 aliphatic rings. The molecule has 11 heteroatoms. The van der Waals surface area contributed by atoms with Crippen LogP contribution in [0.2, 0.25) is 5.02 Å². The largest absolute Gasteiger partial charge is 0.462 e. The maximum Gasteiger partial charge on any atom is 0.338 e. The minimum Gasteiger partial charge on any atom is -0.462 e. The van der Waals surface area contributed by atoms with E-state index in [-0.39, 0.29) is 17.6 Å². The van der Waals surface area contributed by atoms with E-state index >= 15 is 0 Å². The SMILES string of the molecule is CCOC(=O)c1ccc(NC(=O)CSc2nnc([C@@H](C)NC(=O)c3ccccc3Cl)n2CC)cc1. The van der Waals surface area contributed by atoms with Crippen LogP contribution in [0.3, 0.4) is 0 Å². The zero-order chi connectivity index (χ0) is 25.4. The van der Waals surface area contributed by atoms with Gasteiger partial charge in [0.05, 0.1) is 34.6 Å². The maximum atomic E-state index is 12.6. The molecule has 0 saturated carbocycles. The van der Waals surface area contributed by atoms with E-state index in [0.717, 1.165) is 0 Å². The Bertz CT molecular complexity index is 1200. The van der Waals surface area contributed by atoms with E-state index < -0.39 is 12.0 Å². The first kappa shape index (κ1) is 26.2. The molecule has 0 bridgehead atoms. The summed E-state index contributed by atoms with van der Waals surface area (Å²) in [5.74, 6) is -0.265. The monoisotopic (exact) mass is 515 g/mol. The number of anilines is 1. The number of benzene rings is 2. The number of amides is 2. The highest BCUT2D eigenvalue weighted by molar-refractivity contribution is 7.99. The van der Waals surface area contributed by atoms with Crippen LogP contribution < -0.4 is 10.6 Å². The smallest absolute Gasteiger partial charge is 0.338 e. The Morgan fingerprint density at radius 2 is 1.80 bits per heavy atom. The number of nitrogens with zero attached hydrogens (tertiary/aromatic N) is 3. The van der Waals surface area contributed by atoms with Crippen LogP contribution in [0.25, 0.3) is 0 Å². The summed E-state index contributed by atoms with van der Waals surface area (Å²) in [6.45, 7) is 6.35. The first-order valence-electron chi connectivity index (χ1n) is 11.0. The van der Waals surface area contributed by atoms with Crippen molar-refractivity contribution in [2.75, 3.05) is 17.7 Å². The third-order valence-corrected chi connectivity index (χ3v) is 6.22. The molecule has 2 N–H and O–H groups in total. The number of ether oxygens (including phenoxy) is 1. The number of nitrogens with one attached hydrogen (secondary N) is 2. The predicted molar refractivity (Wildman–Crippen MR) is 135 cm³/mol. The van der Waals surface area contributed by atoms with Gasteiger partial charge in [0.1, 0.15) is 0 Å². The first-order valence-corrected chi connectivity index (χ1v) is 12.4. The van der Waals surface area contributed by atoms with E-state index in [1.54, 1.807) is 55.5 Å². The van der Waals surface area contributed by atoms with Crippen LogP contribution in [0.1, 0.15) is 53.4 Å². The molecular formula is C24H26ClN5O4S. The third-order valence-electron chi connectivity index (χ3n) is 4.93. The number of thioether (sulfide) groups is 1. The molecular weight excluding hydrogens is 490 g/mol. The van der Waals surface area contributed by atoms with Crippen LogP contribution in [0, 0.1) is 0 Å². The van der Waals surface area contributed by atoms with Crippen LogP contribution in [0.4, 0.5) is 5.69 Å². The summed E-state index contributed by atoms with van der Waals surface area (Å²) in [5, 5.41) is 15.0. The zero-order valence-electron chi connectivity index (χ0n) is 19.6. The number of hydrogen-bond acceptors (Lipinski definition) is 7. The molecule has 1 atom stereocenters. The van der Waals surface area contributed by atoms with Gasteiger partial charge in [0.15, 0.2) is 11.0 Å². The minimum absolute atomic E-state index is 0.109. The first-order chi connectivity index (χ1) is 16.8. The van der Waals surface area contributed by atoms with Crippen molar-refractivity contribution in [1.29, 1.82) is 0 Å². The van der Waals surface area contributed by atoms with Crippen LogP contribution in [0.5, 0.6) is 0 Å². The second kappa shape index (κ2) is 12.4. The van der Waals surface area contributed by atoms with Crippen molar-refractivity contribution in [3.63, 3.8) is 0 Å². The third kappa shape index (κ3) is 6.83. The number of carbonyl (C=O) groups excluding carboxylic acids is 3. The summed E-state index contributed by atoms with van der Waals surface area (Å²) in [5.41, 5.74) is 1.36. The summed E-state index contributed by atoms with van der Waals surface area (Å²) in [4.78, 5) is 36.8. The molecule has 184 valence electrons. The van der Waals surface area contributed by atoms with Crippen molar-refractivity contribution in [2.24, 2.45) is 0 Å². The zero-order valence-corrected chi connectivity index (χ0v) is 21.2. The quantitative estimate of drug-likeness (QED) is 0.304. The highest BCUT2D eigenvalue weighted by atomic mass is 35.5.